The predicted molar refractivity (Wildman–Crippen MR) is 109 cm³/mol. The number of aliphatic imine (C=N–C) groups is 1. The monoisotopic (exact) mass is 379 g/mol. The van der Waals surface area contributed by atoms with E-state index in [1.807, 2.05) is 48.5 Å². The Labute approximate surface area is 163 Å². The van der Waals surface area contributed by atoms with Crippen molar-refractivity contribution in [3.8, 4) is 11.5 Å². The minimum atomic E-state index is -1.27. The van der Waals surface area contributed by atoms with Crippen molar-refractivity contribution in [1.82, 2.24) is 0 Å². The van der Waals surface area contributed by atoms with E-state index in [4.69, 9.17) is 10.5 Å². The van der Waals surface area contributed by atoms with Crippen molar-refractivity contribution in [1.29, 1.82) is 0 Å². The first-order chi connectivity index (χ1) is 13.4. The average molecular weight is 379 g/mol. The molecule has 1 atom stereocenters. The molecule has 144 valence electrons. The molecule has 0 aromatic heterocycles. The van der Waals surface area contributed by atoms with Gasteiger partial charge in [-0.2, -0.15) is 0 Å². The van der Waals surface area contributed by atoms with Crippen LogP contribution in [0.25, 0.3) is 0 Å². The zero-order chi connectivity index (χ0) is 20.0. The molecular weight excluding hydrogens is 357 g/mol. The summed E-state index contributed by atoms with van der Waals surface area (Å²) in [5.41, 5.74) is 5.94. The summed E-state index contributed by atoms with van der Waals surface area (Å²) in [6.07, 6.45) is 0. The Hall–Kier alpha value is -3.38. The Balaban J connectivity index is 1.64. The maximum absolute atomic E-state index is 13.1. The number of hydrogen-bond donors (Lipinski definition) is 3. The van der Waals surface area contributed by atoms with Gasteiger partial charge in [0, 0.05) is 11.8 Å². The van der Waals surface area contributed by atoms with E-state index < -0.39 is 5.60 Å². The van der Waals surface area contributed by atoms with Crippen molar-refractivity contribution < 1.29 is 14.2 Å². The van der Waals surface area contributed by atoms with E-state index in [1.54, 1.807) is 13.0 Å². The van der Waals surface area contributed by atoms with Crippen molar-refractivity contribution in [2.75, 3.05) is 11.9 Å². The highest BCUT2D eigenvalue weighted by Crippen LogP contribution is 2.24. The Morgan fingerprint density at radius 2 is 1.71 bits per heavy atom. The molecule has 0 radical (unpaired) electrons. The maximum Gasteiger partial charge on any atom is 0.193 e. The second kappa shape index (κ2) is 8.54. The number of para-hydroxylation sites is 1. The number of nitrogens with zero attached hydrogens (tertiary/aromatic N) is 1. The minimum absolute atomic E-state index is 0.0255. The lowest BCUT2D eigenvalue weighted by Gasteiger charge is -2.22. The first-order valence-corrected chi connectivity index (χ1v) is 8.81. The molecule has 0 amide bonds. The number of benzene rings is 3. The molecule has 0 saturated carbocycles. The number of guanidine groups is 1. The van der Waals surface area contributed by atoms with Gasteiger partial charge in [-0.05, 0) is 48.9 Å². The average Bonchev–Trinajstić information content (AvgIpc) is 2.68. The van der Waals surface area contributed by atoms with Gasteiger partial charge in [0.2, 0.25) is 0 Å². The molecule has 0 fully saturated rings. The third kappa shape index (κ3) is 5.31. The molecule has 0 bridgehead atoms. The van der Waals surface area contributed by atoms with Crippen molar-refractivity contribution >= 4 is 11.6 Å². The van der Waals surface area contributed by atoms with Gasteiger partial charge < -0.3 is 20.9 Å². The summed E-state index contributed by atoms with van der Waals surface area (Å²) in [6, 6.07) is 22.4. The third-order valence-electron chi connectivity index (χ3n) is 4.11. The van der Waals surface area contributed by atoms with Crippen LogP contribution in [-0.4, -0.2) is 17.6 Å². The van der Waals surface area contributed by atoms with E-state index in [9.17, 15) is 9.50 Å². The van der Waals surface area contributed by atoms with Crippen LogP contribution in [0.3, 0.4) is 0 Å². The number of nitrogens with two attached hydrogens (primary N) is 1. The van der Waals surface area contributed by atoms with Crippen LogP contribution in [-0.2, 0) is 5.60 Å². The lowest BCUT2D eigenvalue weighted by Crippen LogP contribution is -2.29. The maximum atomic E-state index is 13.1. The molecule has 4 N–H and O–H groups in total. The third-order valence-corrected chi connectivity index (χ3v) is 4.11. The van der Waals surface area contributed by atoms with E-state index >= 15 is 0 Å². The lowest BCUT2D eigenvalue weighted by molar-refractivity contribution is 0.0673. The molecular formula is C22H22FN3O2. The van der Waals surface area contributed by atoms with Crippen LogP contribution in [0.1, 0.15) is 12.5 Å². The van der Waals surface area contributed by atoms with Crippen molar-refractivity contribution in [3.05, 3.63) is 90.2 Å². The number of nitrogens with one attached hydrogen (secondary N) is 1. The molecule has 3 aromatic rings. The Bertz CT molecular complexity index is 942. The second-order valence-corrected chi connectivity index (χ2v) is 6.55. The number of anilines is 1. The van der Waals surface area contributed by atoms with Crippen LogP contribution >= 0.6 is 0 Å². The summed E-state index contributed by atoms with van der Waals surface area (Å²) in [6.45, 7) is 1.63. The van der Waals surface area contributed by atoms with Gasteiger partial charge in [-0.25, -0.2) is 9.38 Å². The normalized spacial score (nSPS) is 13.6. The highest BCUT2D eigenvalue weighted by atomic mass is 19.1. The Morgan fingerprint density at radius 1 is 1.04 bits per heavy atom. The van der Waals surface area contributed by atoms with Crippen LogP contribution in [0.2, 0.25) is 0 Å². The van der Waals surface area contributed by atoms with E-state index in [0.717, 1.165) is 5.75 Å². The molecule has 1 unspecified atom stereocenters. The summed E-state index contributed by atoms with van der Waals surface area (Å²) in [5.74, 6) is 1.18. The number of ether oxygens (including phenoxy) is 1. The molecule has 0 aliphatic carbocycles. The fraction of sp³-hybridized carbons (Fsp3) is 0.136. The van der Waals surface area contributed by atoms with Crippen molar-refractivity contribution in [2.45, 2.75) is 12.5 Å². The molecule has 28 heavy (non-hydrogen) atoms. The van der Waals surface area contributed by atoms with E-state index in [1.165, 1.54) is 24.3 Å². The summed E-state index contributed by atoms with van der Waals surface area (Å²) < 4.78 is 18.8. The summed E-state index contributed by atoms with van der Waals surface area (Å²) >= 11 is 0. The minimum Gasteiger partial charge on any atom is -0.457 e. The summed E-state index contributed by atoms with van der Waals surface area (Å²) in [4.78, 5) is 4.20. The van der Waals surface area contributed by atoms with Gasteiger partial charge in [-0.3, -0.25) is 0 Å². The molecule has 0 aliphatic rings. The zero-order valence-electron chi connectivity index (χ0n) is 15.5. The standard InChI is InChI=1S/C22H22FN3O2/c1-22(27,16-10-12-17(23)13-11-16)15-25-21(24)26-18-6-5-9-20(14-18)28-19-7-3-2-4-8-19/h2-14,27H,15H2,1H3,(H3,24,25,26). The predicted octanol–water partition coefficient (Wildman–Crippen LogP) is 4.25. The van der Waals surface area contributed by atoms with Crippen LogP contribution in [0, 0.1) is 5.82 Å². The molecule has 5 nitrogen and oxygen atoms in total. The number of halogens is 1. The van der Waals surface area contributed by atoms with E-state index in [0.29, 0.717) is 17.0 Å². The smallest absolute Gasteiger partial charge is 0.193 e. The number of hydrogen-bond acceptors (Lipinski definition) is 3. The lowest BCUT2D eigenvalue weighted by atomic mass is 9.96. The first-order valence-electron chi connectivity index (χ1n) is 8.81. The van der Waals surface area contributed by atoms with Crippen LogP contribution < -0.4 is 15.8 Å². The van der Waals surface area contributed by atoms with Crippen LogP contribution in [0.5, 0.6) is 11.5 Å². The molecule has 6 heteroatoms. The molecule has 3 rings (SSSR count). The topological polar surface area (TPSA) is 79.9 Å². The molecule has 0 aliphatic heterocycles. The van der Waals surface area contributed by atoms with Gasteiger partial charge in [-0.1, -0.05) is 36.4 Å². The highest BCUT2D eigenvalue weighted by molar-refractivity contribution is 5.92. The van der Waals surface area contributed by atoms with Gasteiger partial charge in [0.1, 0.15) is 22.9 Å². The highest BCUT2D eigenvalue weighted by Gasteiger charge is 2.22. The molecule has 3 aromatic carbocycles. The molecule has 0 heterocycles. The van der Waals surface area contributed by atoms with Gasteiger partial charge in [0.25, 0.3) is 0 Å². The fourth-order valence-electron chi connectivity index (χ4n) is 2.59. The number of rotatable bonds is 6. The first kappa shape index (κ1) is 19.4. The zero-order valence-corrected chi connectivity index (χ0v) is 15.5. The Morgan fingerprint density at radius 3 is 2.43 bits per heavy atom. The van der Waals surface area contributed by atoms with Crippen molar-refractivity contribution in [3.63, 3.8) is 0 Å². The quantitative estimate of drug-likeness (QED) is 0.442. The van der Waals surface area contributed by atoms with Gasteiger partial charge in [-0.15, -0.1) is 0 Å². The number of aliphatic hydroxyl groups is 1. The van der Waals surface area contributed by atoms with E-state index in [-0.39, 0.29) is 18.3 Å². The van der Waals surface area contributed by atoms with Gasteiger partial charge in [0.05, 0.1) is 6.54 Å². The molecule has 0 saturated heterocycles. The fourth-order valence-corrected chi connectivity index (χ4v) is 2.59. The summed E-state index contributed by atoms with van der Waals surface area (Å²) in [7, 11) is 0. The van der Waals surface area contributed by atoms with Gasteiger partial charge >= 0.3 is 0 Å². The largest absolute Gasteiger partial charge is 0.457 e. The Kier molecular flexibility index (Phi) is 5.91. The van der Waals surface area contributed by atoms with Gasteiger partial charge in [0.15, 0.2) is 5.96 Å². The van der Waals surface area contributed by atoms with E-state index in [2.05, 4.69) is 10.3 Å². The summed E-state index contributed by atoms with van der Waals surface area (Å²) in [5, 5.41) is 13.5. The molecule has 0 spiro atoms. The van der Waals surface area contributed by atoms with Crippen molar-refractivity contribution in [2.24, 2.45) is 10.7 Å². The SMILES string of the molecule is CC(O)(CN=C(N)Nc1cccc(Oc2ccccc2)c1)c1ccc(F)cc1. The van der Waals surface area contributed by atoms with Crippen LogP contribution in [0.15, 0.2) is 83.9 Å². The second-order valence-electron chi connectivity index (χ2n) is 6.55. The van der Waals surface area contributed by atoms with Crippen LogP contribution in [0.4, 0.5) is 10.1 Å².